The Morgan fingerprint density at radius 1 is 1.37 bits per heavy atom. The van der Waals surface area contributed by atoms with Gasteiger partial charge in [0.2, 0.25) is 5.91 Å². The second kappa shape index (κ2) is 6.69. The highest BCUT2D eigenvalue weighted by Gasteiger charge is 2.11. The summed E-state index contributed by atoms with van der Waals surface area (Å²) in [5, 5.41) is 11.0. The molecular weight excluding hydrogens is 268 g/mol. The van der Waals surface area contributed by atoms with Crippen molar-refractivity contribution in [3.63, 3.8) is 0 Å². The molecule has 2 N–H and O–H groups in total. The first-order chi connectivity index (χ1) is 8.90. The Morgan fingerprint density at radius 3 is 2.63 bits per heavy atom. The molecule has 0 atom stereocenters. The molecule has 7 heteroatoms. The first-order valence-corrected chi connectivity index (χ1v) is 6.21. The average molecular weight is 282 g/mol. The van der Waals surface area contributed by atoms with E-state index in [2.05, 4.69) is 5.32 Å². The standard InChI is InChI=1S/C12H14N2O4S/c1-14(2)10(15)7-13-12(18)9-5-3-8(19-9)4-6-11(16)17/h3-6H,7H2,1-2H3,(H,13,18)(H,16,17)/b6-4+. The molecule has 0 aliphatic rings. The van der Waals surface area contributed by atoms with Crippen LogP contribution in [0, 0.1) is 0 Å². The highest BCUT2D eigenvalue weighted by molar-refractivity contribution is 7.14. The lowest BCUT2D eigenvalue weighted by atomic mass is 10.4. The third-order valence-electron chi connectivity index (χ3n) is 2.14. The number of likely N-dealkylation sites (N-methyl/N-ethyl adjacent to an activating group) is 1. The van der Waals surface area contributed by atoms with E-state index in [0.29, 0.717) is 9.75 Å². The van der Waals surface area contributed by atoms with Crippen LogP contribution in [0.4, 0.5) is 0 Å². The van der Waals surface area contributed by atoms with Crippen molar-refractivity contribution in [1.29, 1.82) is 0 Å². The summed E-state index contributed by atoms with van der Waals surface area (Å²) in [7, 11) is 3.21. The molecular formula is C12H14N2O4S. The number of carboxylic acid groups (broad SMARTS) is 1. The minimum absolute atomic E-state index is 0.0654. The molecule has 1 aromatic rings. The van der Waals surface area contributed by atoms with Crippen molar-refractivity contribution in [3.8, 4) is 0 Å². The third-order valence-corrected chi connectivity index (χ3v) is 3.19. The zero-order valence-corrected chi connectivity index (χ0v) is 11.4. The summed E-state index contributed by atoms with van der Waals surface area (Å²) >= 11 is 1.16. The number of nitrogens with zero attached hydrogens (tertiary/aromatic N) is 1. The molecule has 1 aromatic heterocycles. The number of rotatable bonds is 5. The molecule has 0 saturated carbocycles. The maximum atomic E-state index is 11.7. The second-order valence-corrected chi connectivity index (χ2v) is 4.96. The van der Waals surface area contributed by atoms with Crippen LogP contribution in [-0.2, 0) is 9.59 Å². The van der Waals surface area contributed by atoms with Gasteiger partial charge < -0.3 is 15.3 Å². The number of carbonyl (C=O) groups is 3. The highest BCUT2D eigenvalue weighted by Crippen LogP contribution is 2.17. The molecule has 0 spiro atoms. The summed E-state index contributed by atoms with van der Waals surface area (Å²) in [6, 6.07) is 3.23. The number of nitrogens with one attached hydrogen (secondary N) is 1. The maximum Gasteiger partial charge on any atom is 0.328 e. The van der Waals surface area contributed by atoms with Crippen molar-refractivity contribution in [2.75, 3.05) is 20.6 Å². The molecule has 0 aliphatic heterocycles. The van der Waals surface area contributed by atoms with Gasteiger partial charge in [-0.15, -0.1) is 11.3 Å². The monoisotopic (exact) mass is 282 g/mol. The SMILES string of the molecule is CN(C)C(=O)CNC(=O)c1ccc(/C=C/C(=O)O)s1. The fourth-order valence-corrected chi connectivity index (χ4v) is 1.95. The first kappa shape index (κ1) is 14.9. The van der Waals surface area contributed by atoms with Crippen LogP contribution in [0.15, 0.2) is 18.2 Å². The summed E-state index contributed by atoms with van der Waals surface area (Å²) in [5.74, 6) is -1.60. The third kappa shape index (κ3) is 4.92. The zero-order valence-electron chi connectivity index (χ0n) is 10.5. The lowest BCUT2D eigenvalue weighted by molar-refractivity contribution is -0.131. The molecule has 0 radical (unpaired) electrons. The van der Waals surface area contributed by atoms with E-state index in [0.717, 1.165) is 17.4 Å². The summed E-state index contributed by atoms with van der Waals surface area (Å²) < 4.78 is 0. The number of thiophene rings is 1. The molecule has 19 heavy (non-hydrogen) atoms. The molecule has 0 aliphatic carbocycles. The predicted molar refractivity (Wildman–Crippen MR) is 72.0 cm³/mol. The van der Waals surface area contributed by atoms with Gasteiger partial charge in [0.15, 0.2) is 0 Å². The Kier molecular flexibility index (Phi) is 5.25. The van der Waals surface area contributed by atoms with Crippen molar-refractivity contribution in [2.45, 2.75) is 0 Å². The van der Waals surface area contributed by atoms with Gasteiger partial charge in [0.25, 0.3) is 5.91 Å². The summed E-state index contributed by atoms with van der Waals surface area (Å²) in [5.41, 5.74) is 0. The number of hydrogen-bond donors (Lipinski definition) is 2. The van der Waals surface area contributed by atoms with Crippen molar-refractivity contribution < 1.29 is 19.5 Å². The van der Waals surface area contributed by atoms with E-state index in [4.69, 9.17) is 5.11 Å². The number of aliphatic carboxylic acids is 1. The van der Waals surface area contributed by atoms with Crippen LogP contribution < -0.4 is 5.32 Å². The molecule has 6 nitrogen and oxygen atoms in total. The van der Waals surface area contributed by atoms with Gasteiger partial charge in [0, 0.05) is 25.0 Å². The van der Waals surface area contributed by atoms with Crippen LogP contribution in [0.5, 0.6) is 0 Å². The zero-order chi connectivity index (χ0) is 14.4. The van der Waals surface area contributed by atoms with E-state index < -0.39 is 5.97 Å². The molecule has 0 saturated heterocycles. The van der Waals surface area contributed by atoms with E-state index in [9.17, 15) is 14.4 Å². The molecule has 1 rings (SSSR count). The normalized spacial score (nSPS) is 10.4. The fraction of sp³-hybridized carbons (Fsp3) is 0.250. The first-order valence-electron chi connectivity index (χ1n) is 5.39. The molecule has 0 unspecified atom stereocenters. The largest absolute Gasteiger partial charge is 0.478 e. The maximum absolute atomic E-state index is 11.7. The quantitative estimate of drug-likeness (QED) is 0.777. The second-order valence-electron chi connectivity index (χ2n) is 3.84. The predicted octanol–water partition coefficient (Wildman–Crippen LogP) is 0.664. The van der Waals surface area contributed by atoms with Gasteiger partial charge in [-0.3, -0.25) is 9.59 Å². The smallest absolute Gasteiger partial charge is 0.328 e. The van der Waals surface area contributed by atoms with E-state index in [1.807, 2.05) is 0 Å². The summed E-state index contributed by atoms with van der Waals surface area (Å²) in [6.45, 7) is -0.0654. The number of hydrogen-bond acceptors (Lipinski definition) is 4. The van der Waals surface area contributed by atoms with Gasteiger partial charge in [-0.25, -0.2) is 4.79 Å². The highest BCUT2D eigenvalue weighted by atomic mass is 32.1. The van der Waals surface area contributed by atoms with E-state index >= 15 is 0 Å². The van der Waals surface area contributed by atoms with Crippen LogP contribution >= 0.6 is 11.3 Å². The lowest BCUT2D eigenvalue weighted by Gasteiger charge is -2.10. The Labute approximate surface area is 114 Å². The lowest BCUT2D eigenvalue weighted by Crippen LogP contribution is -2.35. The Hall–Kier alpha value is -2.15. The topological polar surface area (TPSA) is 86.7 Å². The average Bonchev–Trinajstić information content (AvgIpc) is 2.81. The molecule has 1 heterocycles. The van der Waals surface area contributed by atoms with Crippen LogP contribution in [0.1, 0.15) is 14.5 Å². The van der Waals surface area contributed by atoms with Crippen molar-refractivity contribution >= 4 is 35.2 Å². The molecule has 2 amide bonds. The minimum atomic E-state index is -1.05. The van der Waals surface area contributed by atoms with Gasteiger partial charge in [0.05, 0.1) is 11.4 Å². The summed E-state index contributed by atoms with van der Waals surface area (Å²) in [6.07, 6.45) is 2.41. The van der Waals surface area contributed by atoms with E-state index in [1.165, 1.54) is 11.0 Å². The molecule has 0 fully saturated rings. The number of carboxylic acids is 1. The Morgan fingerprint density at radius 2 is 2.05 bits per heavy atom. The van der Waals surface area contributed by atoms with Gasteiger partial charge in [-0.2, -0.15) is 0 Å². The van der Waals surface area contributed by atoms with Crippen LogP contribution in [0.3, 0.4) is 0 Å². The number of carbonyl (C=O) groups excluding carboxylic acids is 2. The van der Waals surface area contributed by atoms with Crippen molar-refractivity contribution in [1.82, 2.24) is 10.2 Å². The number of amides is 2. The van der Waals surface area contributed by atoms with E-state index in [-0.39, 0.29) is 18.4 Å². The van der Waals surface area contributed by atoms with Gasteiger partial charge in [0.1, 0.15) is 0 Å². The van der Waals surface area contributed by atoms with Crippen LogP contribution in [0.25, 0.3) is 6.08 Å². The van der Waals surface area contributed by atoms with Crippen LogP contribution in [0.2, 0.25) is 0 Å². The van der Waals surface area contributed by atoms with Crippen molar-refractivity contribution in [3.05, 3.63) is 28.0 Å². The minimum Gasteiger partial charge on any atom is -0.478 e. The molecule has 102 valence electrons. The van der Waals surface area contributed by atoms with Gasteiger partial charge >= 0.3 is 5.97 Å². The van der Waals surface area contributed by atoms with E-state index in [1.54, 1.807) is 26.2 Å². The molecule has 0 bridgehead atoms. The molecule has 0 aromatic carbocycles. The summed E-state index contributed by atoms with van der Waals surface area (Å²) in [4.78, 5) is 35.8. The fourth-order valence-electron chi connectivity index (χ4n) is 1.12. The van der Waals surface area contributed by atoms with Crippen molar-refractivity contribution in [2.24, 2.45) is 0 Å². The van der Waals surface area contributed by atoms with Gasteiger partial charge in [-0.05, 0) is 18.2 Å². The Balaban J connectivity index is 2.59. The Bertz CT molecular complexity index is 520. The van der Waals surface area contributed by atoms with Gasteiger partial charge in [-0.1, -0.05) is 0 Å². The van der Waals surface area contributed by atoms with Crippen LogP contribution in [-0.4, -0.2) is 48.4 Å².